The first-order valence-electron chi connectivity index (χ1n) is 5.54. The maximum absolute atomic E-state index is 11.6. The van der Waals surface area contributed by atoms with Crippen LogP contribution in [-0.2, 0) is 9.53 Å². The van der Waals surface area contributed by atoms with E-state index in [1.54, 1.807) is 0 Å². The molecule has 1 aliphatic rings. The molecule has 3 nitrogen and oxygen atoms in total. The molecule has 1 N–H and O–H groups in total. The van der Waals surface area contributed by atoms with Crippen LogP contribution in [0.3, 0.4) is 0 Å². The Balaban J connectivity index is 2.32. The average molecular weight is 199 g/mol. The Morgan fingerprint density at radius 1 is 1.50 bits per heavy atom. The molecule has 0 heterocycles. The Kier molecular flexibility index (Phi) is 4.39. The standard InChI is InChI=1S/C11H21NO2/c1-4-12-11(13)10(8(2)3)14-7-9-5-6-9/h8-10H,4-7H2,1-3H3,(H,12,13). The molecule has 1 saturated carbocycles. The summed E-state index contributed by atoms with van der Waals surface area (Å²) in [5, 5.41) is 2.81. The smallest absolute Gasteiger partial charge is 0.249 e. The molecule has 0 aromatic heterocycles. The van der Waals surface area contributed by atoms with Crippen LogP contribution in [0.4, 0.5) is 0 Å². The molecule has 1 rings (SSSR count). The van der Waals surface area contributed by atoms with Crippen LogP contribution in [0.2, 0.25) is 0 Å². The van der Waals surface area contributed by atoms with Gasteiger partial charge in [-0.2, -0.15) is 0 Å². The monoisotopic (exact) mass is 199 g/mol. The van der Waals surface area contributed by atoms with Gasteiger partial charge in [0, 0.05) is 6.54 Å². The second-order valence-corrected chi connectivity index (χ2v) is 4.34. The van der Waals surface area contributed by atoms with Crippen LogP contribution in [-0.4, -0.2) is 25.2 Å². The van der Waals surface area contributed by atoms with Gasteiger partial charge in [-0.3, -0.25) is 4.79 Å². The predicted octanol–water partition coefficient (Wildman–Crippen LogP) is 1.57. The Morgan fingerprint density at radius 3 is 2.57 bits per heavy atom. The summed E-state index contributed by atoms with van der Waals surface area (Å²) in [5.41, 5.74) is 0. The summed E-state index contributed by atoms with van der Waals surface area (Å²) in [6.45, 7) is 7.39. The van der Waals surface area contributed by atoms with Gasteiger partial charge in [0.25, 0.3) is 0 Å². The molecule has 0 saturated heterocycles. The fourth-order valence-electron chi connectivity index (χ4n) is 1.37. The van der Waals surface area contributed by atoms with E-state index in [2.05, 4.69) is 5.32 Å². The topological polar surface area (TPSA) is 38.3 Å². The summed E-state index contributed by atoms with van der Waals surface area (Å²) in [4.78, 5) is 11.6. The van der Waals surface area contributed by atoms with Crippen LogP contribution >= 0.6 is 0 Å². The van der Waals surface area contributed by atoms with Gasteiger partial charge in [0.1, 0.15) is 6.10 Å². The van der Waals surface area contributed by atoms with Gasteiger partial charge < -0.3 is 10.1 Å². The number of carbonyl (C=O) groups is 1. The minimum absolute atomic E-state index is 0.0307. The molecule has 0 spiro atoms. The number of nitrogens with one attached hydrogen (secondary N) is 1. The van der Waals surface area contributed by atoms with Crippen molar-refractivity contribution < 1.29 is 9.53 Å². The Labute approximate surface area is 86.2 Å². The quantitative estimate of drug-likeness (QED) is 0.705. The minimum Gasteiger partial charge on any atom is -0.368 e. The first kappa shape index (κ1) is 11.5. The first-order chi connectivity index (χ1) is 6.65. The number of hydrogen-bond acceptors (Lipinski definition) is 2. The molecule has 0 aromatic rings. The van der Waals surface area contributed by atoms with E-state index in [-0.39, 0.29) is 17.9 Å². The van der Waals surface area contributed by atoms with Crippen LogP contribution in [0.5, 0.6) is 0 Å². The van der Waals surface area contributed by atoms with E-state index in [0.717, 1.165) is 6.61 Å². The average Bonchev–Trinajstić information content (AvgIpc) is 2.88. The van der Waals surface area contributed by atoms with Crippen molar-refractivity contribution in [2.45, 2.75) is 39.7 Å². The van der Waals surface area contributed by atoms with Crippen molar-refractivity contribution in [1.82, 2.24) is 5.32 Å². The zero-order valence-electron chi connectivity index (χ0n) is 9.38. The molecular weight excluding hydrogens is 178 g/mol. The van der Waals surface area contributed by atoms with Crippen LogP contribution in [0.1, 0.15) is 33.6 Å². The van der Waals surface area contributed by atoms with Crippen molar-refractivity contribution >= 4 is 5.91 Å². The van der Waals surface area contributed by atoms with E-state index < -0.39 is 0 Å². The normalized spacial score (nSPS) is 18.3. The van der Waals surface area contributed by atoms with E-state index in [4.69, 9.17) is 4.74 Å². The van der Waals surface area contributed by atoms with Crippen LogP contribution in [0, 0.1) is 11.8 Å². The summed E-state index contributed by atoms with van der Waals surface area (Å²) in [7, 11) is 0. The van der Waals surface area contributed by atoms with Crippen molar-refractivity contribution in [3.8, 4) is 0 Å². The summed E-state index contributed by atoms with van der Waals surface area (Å²) >= 11 is 0. The minimum atomic E-state index is -0.268. The Morgan fingerprint density at radius 2 is 2.14 bits per heavy atom. The van der Waals surface area contributed by atoms with Gasteiger partial charge in [-0.05, 0) is 31.6 Å². The third-order valence-corrected chi connectivity index (χ3v) is 2.42. The molecule has 0 aliphatic heterocycles. The molecule has 82 valence electrons. The number of likely N-dealkylation sites (N-methyl/N-ethyl adjacent to an activating group) is 1. The fraction of sp³-hybridized carbons (Fsp3) is 0.909. The molecule has 1 unspecified atom stereocenters. The number of carbonyl (C=O) groups excluding carboxylic acids is 1. The summed E-state index contributed by atoms with van der Waals surface area (Å²) in [6.07, 6.45) is 2.26. The highest BCUT2D eigenvalue weighted by atomic mass is 16.5. The lowest BCUT2D eigenvalue weighted by Crippen LogP contribution is -2.40. The van der Waals surface area contributed by atoms with Gasteiger partial charge in [0.2, 0.25) is 5.91 Å². The lowest BCUT2D eigenvalue weighted by atomic mass is 10.1. The molecule has 1 atom stereocenters. The molecule has 0 radical (unpaired) electrons. The highest BCUT2D eigenvalue weighted by Gasteiger charge is 2.27. The maximum Gasteiger partial charge on any atom is 0.249 e. The third kappa shape index (κ3) is 3.66. The second-order valence-electron chi connectivity index (χ2n) is 4.34. The summed E-state index contributed by atoms with van der Waals surface area (Å²) in [5.74, 6) is 0.995. The van der Waals surface area contributed by atoms with Gasteiger partial charge in [0.05, 0.1) is 6.61 Å². The molecule has 1 amide bonds. The highest BCUT2D eigenvalue weighted by molar-refractivity contribution is 5.80. The van der Waals surface area contributed by atoms with Crippen molar-refractivity contribution in [2.24, 2.45) is 11.8 Å². The predicted molar refractivity (Wildman–Crippen MR) is 56.0 cm³/mol. The van der Waals surface area contributed by atoms with Crippen LogP contribution in [0.25, 0.3) is 0 Å². The maximum atomic E-state index is 11.6. The van der Waals surface area contributed by atoms with E-state index in [1.807, 2.05) is 20.8 Å². The first-order valence-corrected chi connectivity index (χ1v) is 5.54. The van der Waals surface area contributed by atoms with E-state index in [0.29, 0.717) is 12.5 Å². The zero-order chi connectivity index (χ0) is 10.6. The highest BCUT2D eigenvalue weighted by Crippen LogP contribution is 2.29. The largest absolute Gasteiger partial charge is 0.368 e. The van der Waals surface area contributed by atoms with Crippen molar-refractivity contribution in [3.05, 3.63) is 0 Å². The van der Waals surface area contributed by atoms with Crippen LogP contribution in [0.15, 0.2) is 0 Å². The summed E-state index contributed by atoms with van der Waals surface area (Å²) < 4.78 is 5.63. The van der Waals surface area contributed by atoms with E-state index in [1.165, 1.54) is 12.8 Å². The Bertz CT molecular complexity index is 188. The van der Waals surface area contributed by atoms with Crippen molar-refractivity contribution in [1.29, 1.82) is 0 Å². The van der Waals surface area contributed by atoms with Gasteiger partial charge in [-0.25, -0.2) is 0 Å². The van der Waals surface area contributed by atoms with Crippen molar-refractivity contribution in [2.75, 3.05) is 13.2 Å². The lowest BCUT2D eigenvalue weighted by Gasteiger charge is -2.20. The molecule has 1 fully saturated rings. The number of ether oxygens (including phenoxy) is 1. The Hall–Kier alpha value is -0.570. The van der Waals surface area contributed by atoms with E-state index >= 15 is 0 Å². The van der Waals surface area contributed by atoms with Gasteiger partial charge in [-0.15, -0.1) is 0 Å². The number of amides is 1. The van der Waals surface area contributed by atoms with Crippen molar-refractivity contribution in [3.63, 3.8) is 0 Å². The second kappa shape index (κ2) is 5.35. The van der Waals surface area contributed by atoms with Gasteiger partial charge in [-0.1, -0.05) is 13.8 Å². The molecule has 1 aliphatic carbocycles. The lowest BCUT2D eigenvalue weighted by molar-refractivity contribution is -0.135. The fourth-order valence-corrected chi connectivity index (χ4v) is 1.37. The molecule has 3 heteroatoms. The molecule has 0 aromatic carbocycles. The van der Waals surface area contributed by atoms with E-state index in [9.17, 15) is 4.79 Å². The summed E-state index contributed by atoms with van der Waals surface area (Å²) in [6, 6.07) is 0. The SMILES string of the molecule is CCNC(=O)C(OCC1CC1)C(C)C. The van der Waals surface area contributed by atoms with Crippen LogP contribution < -0.4 is 5.32 Å². The number of hydrogen-bond donors (Lipinski definition) is 1. The third-order valence-electron chi connectivity index (χ3n) is 2.42. The van der Waals surface area contributed by atoms with Gasteiger partial charge in [0.15, 0.2) is 0 Å². The molecule has 14 heavy (non-hydrogen) atoms. The number of rotatable bonds is 6. The zero-order valence-corrected chi connectivity index (χ0v) is 9.38. The van der Waals surface area contributed by atoms with Gasteiger partial charge >= 0.3 is 0 Å². The molecule has 0 bridgehead atoms. The molecular formula is C11H21NO2.